The van der Waals surface area contributed by atoms with E-state index in [9.17, 15) is 13.6 Å². The number of carbonyl (C=O) groups excluding carboxylic acids is 1. The molecule has 0 saturated heterocycles. The summed E-state index contributed by atoms with van der Waals surface area (Å²) in [5.41, 5.74) is 5.83. The predicted octanol–water partition coefficient (Wildman–Crippen LogP) is 5.72. The molecule has 5 nitrogen and oxygen atoms in total. The Morgan fingerprint density at radius 3 is 2.64 bits per heavy atom. The molecule has 0 aliphatic heterocycles. The molecule has 8 atom stereocenters. The zero-order chi connectivity index (χ0) is 25.8. The molecule has 0 spiro atoms. The molecule has 36 heavy (non-hydrogen) atoms. The number of nitrogens with two attached hydrogens (primary N) is 2. The Bertz CT molecular complexity index is 1000. The molecular weight excluding hydrogens is 460 g/mol. The van der Waals surface area contributed by atoms with E-state index in [-0.39, 0.29) is 35.0 Å². The van der Waals surface area contributed by atoms with Gasteiger partial charge in [0, 0.05) is 25.2 Å². The molecule has 1 aromatic rings. The van der Waals surface area contributed by atoms with Crippen LogP contribution >= 0.6 is 0 Å². The Morgan fingerprint density at radius 1 is 1.11 bits per heavy atom. The molecule has 4 saturated carbocycles. The van der Waals surface area contributed by atoms with Crippen LogP contribution in [0.5, 0.6) is 0 Å². The number of benzene rings is 1. The number of anilines is 2. The molecule has 4 N–H and O–H groups in total. The highest BCUT2D eigenvalue weighted by molar-refractivity contribution is 5.87. The second kappa shape index (κ2) is 9.54. The Balaban J connectivity index is 1.34. The molecule has 1 aromatic carbocycles. The largest absolute Gasteiger partial charge is 0.395 e. The van der Waals surface area contributed by atoms with E-state index in [0.717, 1.165) is 61.3 Å². The fraction of sp³-hybridized carbons (Fsp3) is 0.759. The van der Waals surface area contributed by atoms with Crippen LogP contribution in [0.15, 0.2) is 12.1 Å². The van der Waals surface area contributed by atoms with Gasteiger partial charge in [-0.2, -0.15) is 0 Å². The number of nitrogen functional groups attached to an aromatic ring is 1. The second-order valence-corrected chi connectivity index (χ2v) is 12.8. The molecule has 4 aliphatic carbocycles. The van der Waals surface area contributed by atoms with Crippen molar-refractivity contribution in [3.63, 3.8) is 0 Å². The zero-order valence-corrected chi connectivity index (χ0v) is 22.1. The van der Waals surface area contributed by atoms with Gasteiger partial charge in [0.25, 0.3) is 0 Å². The number of hydrazine groups is 1. The van der Waals surface area contributed by atoms with Crippen LogP contribution in [-0.2, 0) is 9.53 Å². The van der Waals surface area contributed by atoms with E-state index in [4.69, 9.17) is 16.3 Å². The van der Waals surface area contributed by atoms with Crippen LogP contribution in [0.4, 0.5) is 20.2 Å². The molecule has 0 amide bonds. The van der Waals surface area contributed by atoms with Gasteiger partial charge in [-0.1, -0.05) is 20.3 Å². The average molecular weight is 504 g/mol. The lowest BCUT2D eigenvalue weighted by molar-refractivity contribution is -0.154. The minimum Gasteiger partial charge on any atom is -0.395 e. The van der Waals surface area contributed by atoms with Crippen molar-refractivity contribution in [3.8, 4) is 0 Å². The Morgan fingerprint density at radius 2 is 1.89 bits per heavy atom. The summed E-state index contributed by atoms with van der Waals surface area (Å²) in [6, 6.07) is 1.82. The van der Waals surface area contributed by atoms with Crippen LogP contribution in [0, 0.1) is 58.0 Å². The minimum atomic E-state index is -0.864. The molecule has 4 aliphatic rings. The zero-order valence-electron chi connectivity index (χ0n) is 22.1. The van der Waals surface area contributed by atoms with Gasteiger partial charge in [-0.05, 0) is 91.8 Å². The van der Waals surface area contributed by atoms with Gasteiger partial charge in [-0.25, -0.2) is 14.6 Å². The molecule has 0 aromatic heterocycles. The number of carbonyl (C=O) groups is 1. The lowest BCUT2D eigenvalue weighted by Gasteiger charge is -2.62. The third-order valence-electron chi connectivity index (χ3n) is 11.1. The normalized spacial score (nSPS) is 39.7. The summed E-state index contributed by atoms with van der Waals surface area (Å²) in [6.07, 6.45) is 10.6. The summed E-state index contributed by atoms with van der Waals surface area (Å²) in [7, 11) is 1.86. The van der Waals surface area contributed by atoms with Crippen LogP contribution in [0.25, 0.3) is 0 Å². The monoisotopic (exact) mass is 503 g/mol. The molecule has 7 unspecified atom stereocenters. The number of nitrogens with zero attached hydrogens (tertiary/aromatic N) is 1. The Labute approximate surface area is 214 Å². The fourth-order valence-corrected chi connectivity index (χ4v) is 9.52. The first-order valence-electron chi connectivity index (χ1n) is 13.9. The van der Waals surface area contributed by atoms with Crippen molar-refractivity contribution in [2.24, 2.45) is 52.2 Å². The van der Waals surface area contributed by atoms with Crippen molar-refractivity contribution in [3.05, 3.63) is 23.8 Å². The smallest absolute Gasteiger partial charge is 0.157 e. The van der Waals surface area contributed by atoms with E-state index in [2.05, 4.69) is 13.8 Å². The molecule has 200 valence electrons. The third kappa shape index (κ3) is 4.05. The summed E-state index contributed by atoms with van der Waals surface area (Å²) in [6.45, 7) is 5.49. The molecule has 5 rings (SSSR count). The highest BCUT2D eigenvalue weighted by Gasteiger charge is 2.62. The standard InChI is InChI=1S/C29H43F2N3O2/c1-17-8-11-29(16-36-3)18(12-17)4-5-20-21-6-7-23(28(21,2)10-9-22(20)29)26(35)15-34(33)25-14-19(30)13-24(31)27(25)32/h13-14,17-18,20-23H,4-12,15-16,32-33H2,1-3H3/t17?,18?,20?,21?,22?,23-,28?,29?/m1/s1. The van der Waals surface area contributed by atoms with E-state index in [1.54, 1.807) is 0 Å². The summed E-state index contributed by atoms with van der Waals surface area (Å²) in [5, 5.41) is 1.12. The Kier molecular flexibility index (Phi) is 6.86. The lowest BCUT2D eigenvalue weighted by Crippen LogP contribution is -2.56. The van der Waals surface area contributed by atoms with Gasteiger partial charge in [-0.15, -0.1) is 0 Å². The number of hydrogen-bond donors (Lipinski definition) is 2. The number of ether oxygens (including phenoxy) is 1. The Hall–Kier alpha value is -1.73. The van der Waals surface area contributed by atoms with E-state index < -0.39 is 11.6 Å². The maximum absolute atomic E-state index is 14.0. The number of fused-ring (bicyclic) bond motifs is 5. The van der Waals surface area contributed by atoms with Crippen molar-refractivity contribution in [2.45, 2.75) is 71.6 Å². The maximum Gasteiger partial charge on any atom is 0.157 e. The van der Waals surface area contributed by atoms with E-state index in [0.29, 0.717) is 23.2 Å². The first kappa shape index (κ1) is 25.9. The van der Waals surface area contributed by atoms with Crippen molar-refractivity contribution in [2.75, 3.05) is 31.0 Å². The first-order valence-corrected chi connectivity index (χ1v) is 13.9. The second-order valence-electron chi connectivity index (χ2n) is 12.8. The quantitative estimate of drug-likeness (QED) is 0.295. The van der Waals surface area contributed by atoms with Gasteiger partial charge < -0.3 is 15.5 Å². The van der Waals surface area contributed by atoms with Crippen molar-refractivity contribution < 1.29 is 18.3 Å². The number of Topliss-reactive ketones (excluding diaryl/α,β-unsaturated/α-hetero) is 1. The number of methoxy groups -OCH3 is 1. The summed E-state index contributed by atoms with van der Waals surface area (Å²) < 4.78 is 33.7. The number of ketones is 1. The van der Waals surface area contributed by atoms with Crippen molar-refractivity contribution in [1.29, 1.82) is 0 Å². The molecule has 4 fully saturated rings. The third-order valence-corrected chi connectivity index (χ3v) is 11.1. The van der Waals surface area contributed by atoms with Gasteiger partial charge in [0.05, 0.1) is 24.5 Å². The van der Waals surface area contributed by atoms with Crippen molar-refractivity contribution in [1.82, 2.24) is 0 Å². The molecule has 7 heteroatoms. The lowest BCUT2D eigenvalue weighted by atomic mass is 9.44. The van der Waals surface area contributed by atoms with Gasteiger partial charge in [0.1, 0.15) is 5.82 Å². The topological polar surface area (TPSA) is 81.6 Å². The van der Waals surface area contributed by atoms with E-state index in [1.807, 2.05) is 7.11 Å². The number of hydrogen-bond acceptors (Lipinski definition) is 5. The predicted molar refractivity (Wildman–Crippen MR) is 138 cm³/mol. The average Bonchev–Trinajstić information content (AvgIpc) is 3.19. The van der Waals surface area contributed by atoms with E-state index >= 15 is 0 Å². The fourth-order valence-electron chi connectivity index (χ4n) is 9.52. The van der Waals surface area contributed by atoms with Crippen LogP contribution in [0.1, 0.15) is 71.6 Å². The van der Waals surface area contributed by atoms with Crippen LogP contribution in [0.2, 0.25) is 0 Å². The summed E-state index contributed by atoms with van der Waals surface area (Å²) in [5.74, 6) is 7.89. The number of rotatable bonds is 6. The SMILES string of the molecule is COCC12CCC(C)CC1CCC1C2CCC2(C)C1CC[C@@H]2C(=O)CN(N)c1cc(F)cc(F)c1N. The van der Waals surface area contributed by atoms with Crippen LogP contribution in [0.3, 0.4) is 0 Å². The highest BCUT2D eigenvalue weighted by atomic mass is 19.1. The van der Waals surface area contributed by atoms with Crippen molar-refractivity contribution >= 4 is 17.2 Å². The highest BCUT2D eigenvalue weighted by Crippen LogP contribution is 2.68. The van der Waals surface area contributed by atoms with Crippen LogP contribution < -0.4 is 16.6 Å². The summed E-state index contributed by atoms with van der Waals surface area (Å²) in [4.78, 5) is 13.6. The summed E-state index contributed by atoms with van der Waals surface area (Å²) >= 11 is 0. The van der Waals surface area contributed by atoms with Gasteiger partial charge in [0.15, 0.2) is 11.6 Å². The molecule has 0 radical (unpaired) electrons. The van der Waals surface area contributed by atoms with Crippen LogP contribution in [-0.4, -0.2) is 26.0 Å². The van der Waals surface area contributed by atoms with E-state index in [1.165, 1.54) is 32.1 Å². The minimum absolute atomic E-state index is 0.0237. The van der Waals surface area contributed by atoms with Gasteiger partial charge >= 0.3 is 0 Å². The molecule has 0 heterocycles. The maximum atomic E-state index is 14.0. The van der Waals surface area contributed by atoms with Gasteiger partial charge in [-0.3, -0.25) is 4.79 Å². The van der Waals surface area contributed by atoms with Gasteiger partial charge in [0.2, 0.25) is 0 Å². The molecular formula is C29H43F2N3O2. The number of halogens is 2. The molecule has 0 bridgehead atoms. The first-order chi connectivity index (χ1) is 17.1.